The fourth-order valence-corrected chi connectivity index (χ4v) is 4.16. The lowest BCUT2D eigenvalue weighted by atomic mass is 9.93. The quantitative estimate of drug-likeness (QED) is 0.632. The maximum Gasteiger partial charge on any atom is 0.338 e. The van der Waals surface area contributed by atoms with Gasteiger partial charge in [-0.05, 0) is 53.9 Å². The van der Waals surface area contributed by atoms with E-state index in [-0.39, 0.29) is 5.56 Å². The van der Waals surface area contributed by atoms with Crippen LogP contribution in [-0.2, 0) is 11.3 Å². The summed E-state index contributed by atoms with van der Waals surface area (Å²) in [5, 5.41) is 20.2. The van der Waals surface area contributed by atoms with E-state index >= 15 is 0 Å². The van der Waals surface area contributed by atoms with E-state index in [0.29, 0.717) is 46.3 Å². The summed E-state index contributed by atoms with van der Waals surface area (Å²) in [5.74, 6) is -2.35. The Hall–Kier alpha value is -3.25. The minimum absolute atomic E-state index is 0.0306. The smallest absolute Gasteiger partial charge is 0.338 e. The highest BCUT2D eigenvalue weighted by Crippen LogP contribution is 2.46. The zero-order valence-corrected chi connectivity index (χ0v) is 16.3. The summed E-state index contributed by atoms with van der Waals surface area (Å²) < 4.78 is 7.05. The van der Waals surface area contributed by atoms with Crippen LogP contribution >= 0.6 is 11.6 Å². The summed E-state index contributed by atoms with van der Waals surface area (Å²) in [6.45, 7) is 0.432. The monoisotopic (exact) mass is 411 g/mol. The van der Waals surface area contributed by atoms with Gasteiger partial charge in [0.15, 0.2) is 0 Å². The van der Waals surface area contributed by atoms with Crippen LogP contribution in [0.3, 0.4) is 0 Å². The van der Waals surface area contributed by atoms with E-state index in [9.17, 15) is 19.8 Å². The van der Waals surface area contributed by atoms with Gasteiger partial charge in [-0.15, -0.1) is 0 Å². The molecule has 0 aliphatic carbocycles. The van der Waals surface area contributed by atoms with Crippen LogP contribution in [0.25, 0.3) is 22.4 Å². The lowest BCUT2D eigenvalue weighted by Gasteiger charge is -2.12. The van der Waals surface area contributed by atoms with E-state index in [4.69, 9.17) is 16.3 Å². The average Bonchev–Trinajstić information content (AvgIpc) is 3.26. The zero-order valence-electron chi connectivity index (χ0n) is 15.6. The Morgan fingerprint density at radius 1 is 1.03 bits per heavy atom. The number of carboxylic acids is 2. The highest BCUT2D eigenvalue weighted by molar-refractivity contribution is 6.30. The number of carbonyl (C=O) groups is 2. The van der Waals surface area contributed by atoms with Gasteiger partial charge in [-0.25, -0.2) is 4.79 Å². The number of benzene rings is 2. The largest absolute Gasteiger partial charge is 0.497 e. The maximum atomic E-state index is 12.3. The van der Waals surface area contributed by atoms with Crippen LogP contribution in [-0.4, -0.2) is 33.8 Å². The number of fused-ring (bicyclic) bond motifs is 1. The van der Waals surface area contributed by atoms with Crippen LogP contribution in [0, 0.1) is 0 Å². The zero-order chi connectivity index (χ0) is 20.7. The van der Waals surface area contributed by atoms with Gasteiger partial charge in [-0.2, -0.15) is 0 Å². The third-order valence-corrected chi connectivity index (χ3v) is 5.54. The molecule has 2 aromatic carbocycles. The Balaban J connectivity index is 2.06. The van der Waals surface area contributed by atoms with Crippen molar-refractivity contribution < 1.29 is 24.5 Å². The van der Waals surface area contributed by atoms with Crippen molar-refractivity contribution in [3.63, 3.8) is 0 Å². The van der Waals surface area contributed by atoms with Crippen molar-refractivity contribution in [3.8, 4) is 28.1 Å². The van der Waals surface area contributed by atoms with Gasteiger partial charge in [-0.3, -0.25) is 4.79 Å². The van der Waals surface area contributed by atoms with Crippen LogP contribution in [0.1, 0.15) is 28.4 Å². The van der Waals surface area contributed by atoms with Gasteiger partial charge in [0, 0.05) is 22.8 Å². The molecule has 1 aromatic heterocycles. The van der Waals surface area contributed by atoms with Crippen molar-refractivity contribution in [2.45, 2.75) is 18.9 Å². The van der Waals surface area contributed by atoms with E-state index in [1.54, 1.807) is 43.5 Å². The number of nitrogens with zero attached hydrogens (tertiary/aromatic N) is 1. The molecule has 1 aliphatic rings. The van der Waals surface area contributed by atoms with Crippen molar-refractivity contribution in [2.75, 3.05) is 7.11 Å². The number of carboxylic acid groups (broad SMARTS) is 2. The molecule has 148 valence electrons. The number of aromatic carboxylic acids is 1. The topological polar surface area (TPSA) is 88.8 Å². The molecular formula is C22H18ClNO5. The molecule has 2 heterocycles. The number of hydrogen-bond acceptors (Lipinski definition) is 3. The molecule has 0 fully saturated rings. The molecule has 0 bridgehead atoms. The minimum atomic E-state index is -1.15. The summed E-state index contributed by atoms with van der Waals surface area (Å²) in [5.41, 5.74) is 3.01. The molecule has 0 saturated carbocycles. The van der Waals surface area contributed by atoms with Gasteiger partial charge in [0.05, 0.1) is 24.3 Å². The average molecular weight is 412 g/mol. The molecule has 1 atom stereocenters. The van der Waals surface area contributed by atoms with Crippen molar-refractivity contribution in [3.05, 3.63) is 64.8 Å². The minimum Gasteiger partial charge on any atom is -0.497 e. The number of methoxy groups -OCH3 is 1. The van der Waals surface area contributed by atoms with Gasteiger partial charge in [-0.1, -0.05) is 23.7 Å². The van der Waals surface area contributed by atoms with Crippen molar-refractivity contribution in [1.82, 2.24) is 4.57 Å². The molecule has 1 aliphatic heterocycles. The van der Waals surface area contributed by atoms with Crippen LogP contribution in [0.15, 0.2) is 48.5 Å². The number of hydrogen-bond donors (Lipinski definition) is 2. The fraction of sp³-hybridized carbons (Fsp3) is 0.182. The predicted molar refractivity (Wildman–Crippen MR) is 109 cm³/mol. The van der Waals surface area contributed by atoms with Crippen molar-refractivity contribution in [1.29, 1.82) is 0 Å². The van der Waals surface area contributed by atoms with Gasteiger partial charge in [0.2, 0.25) is 0 Å². The molecule has 7 heteroatoms. The molecule has 3 aromatic rings. The Morgan fingerprint density at radius 2 is 1.66 bits per heavy atom. The highest BCUT2D eigenvalue weighted by Gasteiger charge is 2.39. The fourth-order valence-electron chi connectivity index (χ4n) is 4.03. The summed E-state index contributed by atoms with van der Waals surface area (Å²) in [6, 6.07) is 14.2. The molecule has 2 N–H and O–H groups in total. The first-order chi connectivity index (χ1) is 13.9. The predicted octanol–water partition coefficient (Wildman–Crippen LogP) is 4.75. The SMILES string of the molecule is COc1ccc(-c2c(-c3ccc(Cl)cc3)c(C(=O)O)c3n2CCC3C(=O)O)cc1. The Morgan fingerprint density at radius 3 is 2.21 bits per heavy atom. The van der Waals surface area contributed by atoms with Gasteiger partial charge in [0.1, 0.15) is 5.75 Å². The number of halogens is 1. The third-order valence-electron chi connectivity index (χ3n) is 5.28. The summed E-state index contributed by atoms with van der Waals surface area (Å²) >= 11 is 6.02. The third kappa shape index (κ3) is 3.15. The molecular weight excluding hydrogens is 394 g/mol. The van der Waals surface area contributed by atoms with Crippen LogP contribution in [0.5, 0.6) is 5.75 Å². The second-order valence-electron chi connectivity index (χ2n) is 6.86. The van der Waals surface area contributed by atoms with Crippen LogP contribution in [0.4, 0.5) is 0 Å². The van der Waals surface area contributed by atoms with Gasteiger partial charge < -0.3 is 19.5 Å². The highest BCUT2D eigenvalue weighted by atomic mass is 35.5. The number of aromatic nitrogens is 1. The van der Waals surface area contributed by atoms with E-state index in [1.807, 2.05) is 16.7 Å². The lowest BCUT2D eigenvalue weighted by Crippen LogP contribution is -2.12. The first-order valence-electron chi connectivity index (χ1n) is 9.05. The molecule has 0 radical (unpaired) electrons. The Bertz CT molecular complexity index is 1100. The number of rotatable bonds is 5. The van der Waals surface area contributed by atoms with Crippen LogP contribution in [0.2, 0.25) is 5.02 Å². The summed E-state index contributed by atoms with van der Waals surface area (Å²) in [4.78, 5) is 24.1. The Kier molecular flexibility index (Phi) is 4.80. The number of ether oxygens (including phenoxy) is 1. The van der Waals surface area contributed by atoms with Gasteiger partial charge >= 0.3 is 11.9 Å². The first-order valence-corrected chi connectivity index (χ1v) is 9.43. The van der Waals surface area contributed by atoms with Crippen molar-refractivity contribution >= 4 is 23.5 Å². The maximum absolute atomic E-state index is 12.3. The summed E-state index contributed by atoms with van der Waals surface area (Å²) in [6.07, 6.45) is 0.356. The second kappa shape index (κ2) is 7.29. The molecule has 4 rings (SSSR count). The van der Waals surface area contributed by atoms with E-state index in [0.717, 1.165) is 5.56 Å². The van der Waals surface area contributed by atoms with Crippen LogP contribution < -0.4 is 4.74 Å². The first kappa shape index (κ1) is 19.1. The second-order valence-corrected chi connectivity index (χ2v) is 7.29. The van der Waals surface area contributed by atoms with E-state index < -0.39 is 17.9 Å². The van der Waals surface area contributed by atoms with Crippen molar-refractivity contribution in [2.24, 2.45) is 0 Å². The summed E-state index contributed by atoms with van der Waals surface area (Å²) in [7, 11) is 1.57. The normalized spacial score (nSPS) is 15.2. The molecule has 0 spiro atoms. The molecule has 1 unspecified atom stereocenters. The lowest BCUT2D eigenvalue weighted by molar-refractivity contribution is -0.138. The van der Waals surface area contributed by atoms with E-state index in [1.165, 1.54) is 0 Å². The molecule has 29 heavy (non-hydrogen) atoms. The van der Waals surface area contributed by atoms with E-state index in [2.05, 4.69) is 0 Å². The Labute approximate surface area is 171 Å². The number of aliphatic carboxylic acids is 1. The standard InChI is InChI=1S/C22H18ClNO5/c1-29-15-8-4-13(5-9-15)19-17(12-2-6-14(23)7-3-12)18(22(27)28)20-16(21(25)26)10-11-24(19)20/h2-9,16H,10-11H2,1H3,(H,25,26)(H,27,28). The molecule has 6 nitrogen and oxygen atoms in total. The van der Waals surface area contributed by atoms with Gasteiger partial charge in [0.25, 0.3) is 0 Å². The molecule has 0 saturated heterocycles. The molecule has 0 amide bonds.